The number of hydrogen-bond donors (Lipinski definition) is 0. The van der Waals surface area contributed by atoms with Gasteiger partial charge in [0.05, 0.1) is 16.7 Å². The van der Waals surface area contributed by atoms with Gasteiger partial charge in [0.1, 0.15) is 17.0 Å². The monoisotopic (exact) mass is 633 g/mol. The summed E-state index contributed by atoms with van der Waals surface area (Å²) < 4.78 is 23.8. The maximum Gasteiger partial charge on any atom is 0.338 e. The van der Waals surface area contributed by atoms with Crippen LogP contribution in [0.2, 0.25) is 0 Å². The topological polar surface area (TPSA) is 108 Å². The third-order valence-electron chi connectivity index (χ3n) is 7.18. The fourth-order valence-electron chi connectivity index (χ4n) is 4.86. The van der Waals surface area contributed by atoms with Crippen molar-refractivity contribution in [2.45, 2.75) is 43.0 Å². The molecule has 2 aliphatic heterocycles. The Morgan fingerprint density at radius 3 is 1.80 bits per heavy atom. The highest BCUT2D eigenvalue weighted by Crippen LogP contribution is 2.32. The van der Waals surface area contributed by atoms with Crippen molar-refractivity contribution >= 4 is 52.0 Å². The maximum absolute atomic E-state index is 13.9. The number of carbonyl (C=O) groups is 4. The van der Waals surface area contributed by atoms with Gasteiger partial charge in [0, 0.05) is 13.1 Å². The second-order valence-corrected chi connectivity index (χ2v) is 11.9. The standard InChI is InChI=1S/C33H31NO8S2/c35-26-28(42-31(38)24-17-9-3-10-18-24)27(41-30(37)23-15-7-2-8-16-23)25(21-39-29(36)22-13-5-1-6-14-22)40-32(26)44-33(43)34-19-11-4-12-20-34/h1-3,5-10,13-18,25,27-28,32H,4,11-12,19-21H2/t25-,27-,28-,32+/m1/s1. The smallest absolute Gasteiger partial charge is 0.338 e. The van der Waals surface area contributed by atoms with Crippen LogP contribution < -0.4 is 0 Å². The lowest BCUT2D eigenvalue weighted by Gasteiger charge is -2.39. The first-order valence-electron chi connectivity index (χ1n) is 14.3. The van der Waals surface area contributed by atoms with Gasteiger partial charge in [-0.15, -0.1) is 0 Å². The molecule has 0 unspecified atom stereocenters. The molecular weight excluding hydrogens is 602 g/mol. The summed E-state index contributed by atoms with van der Waals surface area (Å²) in [4.78, 5) is 55.2. The Morgan fingerprint density at radius 2 is 1.25 bits per heavy atom. The van der Waals surface area contributed by atoms with E-state index in [9.17, 15) is 19.2 Å². The van der Waals surface area contributed by atoms with Crippen LogP contribution in [0.3, 0.4) is 0 Å². The first-order chi connectivity index (χ1) is 21.4. The minimum atomic E-state index is -1.56. The van der Waals surface area contributed by atoms with Gasteiger partial charge in [-0.25, -0.2) is 14.4 Å². The number of likely N-dealkylation sites (tertiary alicyclic amines) is 1. The van der Waals surface area contributed by atoms with Crippen LogP contribution in [0.5, 0.6) is 0 Å². The van der Waals surface area contributed by atoms with Gasteiger partial charge in [-0.2, -0.15) is 0 Å². The minimum Gasteiger partial charge on any atom is -0.459 e. The minimum absolute atomic E-state index is 0.208. The Balaban J connectivity index is 1.44. The summed E-state index contributed by atoms with van der Waals surface area (Å²) >= 11 is 6.69. The molecule has 4 atom stereocenters. The zero-order chi connectivity index (χ0) is 30.9. The van der Waals surface area contributed by atoms with Crippen molar-refractivity contribution < 1.29 is 38.1 Å². The van der Waals surface area contributed by atoms with Crippen molar-refractivity contribution in [1.29, 1.82) is 0 Å². The van der Waals surface area contributed by atoms with Crippen molar-refractivity contribution in [2.75, 3.05) is 19.7 Å². The molecule has 11 heteroatoms. The molecule has 0 spiro atoms. The van der Waals surface area contributed by atoms with Gasteiger partial charge in [0.2, 0.25) is 11.9 Å². The first-order valence-corrected chi connectivity index (χ1v) is 15.6. The number of benzene rings is 3. The zero-order valence-corrected chi connectivity index (χ0v) is 25.4. The largest absolute Gasteiger partial charge is 0.459 e. The molecule has 0 bridgehead atoms. The number of rotatable bonds is 8. The average molecular weight is 634 g/mol. The molecule has 9 nitrogen and oxygen atoms in total. The Hall–Kier alpha value is -4.06. The van der Waals surface area contributed by atoms with Crippen LogP contribution in [-0.2, 0) is 23.7 Å². The van der Waals surface area contributed by atoms with E-state index in [4.69, 9.17) is 31.2 Å². The molecular formula is C33H31NO8S2. The van der Waals surface area contributed by atoms with Crippen molar-refractivity contribution in [3.8, 4) is 0 Å². The summed E-state index contributed by atoms with van der Waals surface area (Å²) in [5.74, 6) is -2.81. The number of ether oxygens (including phenoxy) is 4. The van der Waals surface area contributed by atoms with E-state index in [1.165, 1.54) is 0 Å². The Morgan fingerprint density at radius 1 is 0.750 bits per heavy atom. The maximum atomic E-state index is 13.9. The van der Waals surface area contributed by atoms with Gasteiger partial charge in [-0.05, 0) is 55.7 Å². The number of nitrogens with zero attached hydrogens (tertiary/aromatic N) is 1. The van der Waals surface area contributed by atoms with Gasteiger partial charge in [0.25, 0.3) is 0 Å². The molecule has 5 rings (SSSR count). The number of esters is 3. The molecule has 3 aromatic carbocycles. The van der Waals surface area contributed by atoms with Crippen molar-refractivity contribution in [2.24, 2.45) is 0 Å². The normalized spacial score (nSPS) is 21.6. The molecule has 3 aromatic rings. The molecule has 0 amide bonds. The van der Waals surface area contributed by atoms with Crippen LogP contribution in [0.1, 0.15) is 50.3 Å². The van der Waals surface area contributed by atoms with Gasteiger partial charge in [0.15, 0.2) is 11.5 Å². The predicted octanol–water partition coefficient (Wildman–Crippen LogP) is 5.09. The third-order valence-corrected chi connectivity index (χ3v) is 8.75. The summed E-state index contributed by atoms with van der Waals surface area (Å²) in [6.07, 6.45) is -1.09. The molecule has 228 valence electrons. The van der Waals surface area contributed by atoms with Gasteiger partial charge in [-0.1, -0.05) is 78.6 Å². The molecule has 0 N–H and O–H groups in total. The van der Waals surface area contributed by atoms with E-state index in [-0.39, 0.29) is 17.7 Å². The molecule has 0 saturated carbocycles. The quantitative estimate of drug-likeness (QED) is 0.188. The average Bonchev–Trinajstić information content (AvgIpc) is 3.08. The summed E-state index contributed by atoms with van der Waals surface area (Å²) in [6.45, 7) is 1.13. The molecule has 2 heterocycles. The molecule has 2 aliphatic rings. The Bertz CT molecular complexity index is 1460. The van der Waals surface area contributed by atoms with E-state index in [1.54, 1.807) is 91.0 Å². The Kier molecular flexibility index (Phi) is 10.8. The molecule has 2 fully saturated rings. The number of piperidine rings is 1. The SMILES string of the molecule is O=C(OC[C@H]1O[C@@H](SC(=S)N2CCCCC2)C(=O)[C@@H](OC(=O)c2ccccc2)[C@@H]1OC(=O)c1ccccc1)c1ccccc1. The van der Waals surface area contributed by atoms with E-state index >= 15 is 0 Å². The van der Waals surface area contributed by atoms with Gasteiger partial charge in [-0.3, -0.25) is 4.79 Å². The second kappa shape index (κ2) is 15.1. The van der Waals surface area contributed by atoms with E-state index in [2.05, 4.69) is 0 Å². The predicted molar refractivity (Wildman–Crippen MR) is 167 cm³/mol. The zero-order valence-electron chi connectivity index (χ0n) is 23.7. The molecule has 0 aromatic heterocycles. The lowest BCUT2D eigenvalue weighted by Crippen LogP contribution is -2.59. The highest BCUT2D eigenvalue weighted by molar-refractivity contribution is 8.23. The molecule has 2 saturated heterocycles. The fraction of sp³-hybridized carbons (Fsp3) is 0.303. The summed E-state index contributed by atoms with van der Waals surface area (Å²) in [5, 5.41) is 0. The van der Waals surface area contributed by atoms with E-state index in [0.717, 1.165) is 44.1 Å². The number of thioether (sulfide) groups is 1. The number of thiocarbonyl (C=S) groups is 1. The van der Waals surface area contributed by atoms with E-state index < -0.39 is 47.4 Å². The van der Waals surface area contributed by atoms with Crippen LogP contribution in [0.15, 0.2) is 91.0 Å². The van der Waals surface area contributed by atoms with E-state index in [1.807, 2.05) is 4.90 Å². The third kappa shape index (κ3) is 7.90. The number of Topliss-reactive ketones (excluding diaryl/α,β-unsaturated/α-hetero) is 1. The van der Waals surface area contributed by atoms with Gasteiger partial charge >= 0.3 is 17.9 Å². The summed E-state index contributed by atoms with van der Waals surface area (Å²) in [5.41, 5.74) is -0.470. The first kappa shape index (κ1) is 31.4. The van der Waals surface area contributed by atoms with Crippen molar-refractivity contribution in [3.63, 3.8) is 0 Å². The molecule has 44 heavy (non-hydrogen) atoms. The fourth-order valence-corrected chi connectivity index (χ4v) is 6.27. The van der Waals surface area contributed by atoms with Crippen LogP contribution in [-0.4, -0.2) is 76.4 Å². The van der Waals surface area contributed by atoms with Crippen LogP contribution in [0.25, 0.3) is 0 Å². The second-order valence-electron chi connectivity index (χ2n) is 10.2. The molecule has 0 radical (unpaired) electrons. The van der Waals surface area contributed by atoms with Crippen LogP contribution in [0.4, 0.5) is 0 Å². The number of carbonyl (C=O) groups excluding carboxylic acids is 4. The highest BCUT2D eigenvalue weighted by atomic mass is 32.2. The van der Waals surface area contributed by atoms with E-state index in [0.29, 0.717) is 9.88 Å². The van der Waals surface area contributed by atoms with Crippen molar-refractivity contribution in [1.82, 2.24) is 4.90 Å². The lowest BCUT2D eigenvalue weighted by molar-refractivity contribution is -0.177. The summed E-state index contributed by atoms with van der Waals surface area (Å²) in [6, 6.07) is 24.7. The number of ketones is 1. The van der Waals surface area contributed by atoms with Crippen molar-refractivity contribution in [3.05, 3.63) is 108 Å². The highest BCUT2D eigenvalue weighted by Gasteiger charge is 2.51. The van der Waals surface area contributed by atoms with Gasteiger partial charge < -0.3 is 23.8 Å². The number of hydrogen-bond acceptors (Lipinski definition) is 10. The van der Waals surface area contributed by atoms with Crippen LogP contribution in [0, 0.1) is 0 Å². The molecule has 0 aliphatic carbocycles. The van der Waals surface area contributed by atoms with Crippen LogP contribution >= 0.6 is 24.0 Å². The Labute approximate surface area is 264 Å². The lowest BCUT2D eigenvalue weighted by atomic mass is 10.0. The summed E-state index contributed by atoms with van der Waals surface area (Å²) in [7, 11) is 0.